The summed E-state index contributed by atoms with van der Waals surface area (Å²) in [6.45, 7) is 2.30. The van der Waals surface area contributed by atoms with Crippen molar-refractivity contribution in [1.82, 2.24) is 14.7 Å². The van der Waals surface area contributed by atoms with Crippen LogP contribution in [0.4, 0.5) is 0 Å². The molecular formula is C11H15N3O2S2. The second-order valence-electron chi connectivity index (χ2n) is 3.83. The molecule has 2 N–H and O–H groups in total. The number of nitrogens with zero attached hydrogens (tertiary/aromatic N) is 1. The Kier molecular flexibility index (Phi) is 4.15. The Labute approximate surface area is 110 Å². The number of nitrogens with one attached hydrogen (secondary N) is 2. The maximum Gasteiger partial charge on any atom is 0.257 e. The Hall–Kier alpha value is -1.18. The third kappa shape index (κ3) is 3.18. The van der Waals surface area contributed by atoms with Gasteiger partial charge in [-0.1, -0.05) is 6.92 Å². The molecule has 0 aliphatic rings. The molecule has 2 heterocycles. The fourth-order valence-electron chi connectivity index (χ4n) is 1.50. The monoisotopic (exact) mass is 285 g/mol. The highest BCUT2D eigenvalue weighted by atomic mass is 32.2. The van der Waals surface area contributed by atoms with Gasteiger partial charge in [-0.25, -0.2) is 18.1 Å². The highest BCUT2D eigenvalue weighted by molar-refractivity contribution is 7.89. The summed E-state index contributed by atoms with van der Waals surface area (Å²) in [6.07, 6.45) is 2.73. The van der Waals surface area contributed by atoms with Gasteiger partial charge in [0.2, 0.25) is 0 Å². The van der Waals surface area contributed by atoms with Crippen molar-refractivity contribution < 1.29 is 8.42 Å². The predicted octanol–water partition coefficient (Wildman–Crippen LogP) is 1.55. The van der Waals surface area contributed by atoms with Crippen LogP contribution in [0.15, 0.2) is 28.0 Å². The van der Waals surface area contributed by atoms with Crippen LogP contribution in [0.3, 0.4) is 0 Å². The summed E-state index contributed by atoms with van der Waals surface area (Å²) in [5, 5.41) is 4.12. The zero-order chi connectivity index (χ0) is 13.0. The molecule has 2 aromatic rings. The number of aromatic nitrogens is 2. The van der Waals surface area contributed by atoms with E-state index in [-0.39, 0.29) is 5.03 Å². The van der Waals surface area contributed by atoms with E-state index < -0.39 is 10.0 Å². The van der Waals surface area contributed by atoms with Gasteiger partial charge in [-0.2, -0.15) is 11.3 Å². The van der Waals surface area contributed by atoms with Gasteiger partial charge < -0.3 is 4.98 Å². The molecule has 5 nitrogen and oxygen atoms in total. The van der Waals surface area contributed by atoms with E-state index in [0.29, 0.717) is 25.2 Å². The lowest BCUT2D eigenvalue weighted by atomic mass is 10.2. The molecule has 0 spiro atoms. The van der Waals surface area contributed by atoms with Crippen molar-refractivity contribution >= 4 is 21.4 Å². The first-order valence-electron chi connectivity index (χ1n) is 5.66. The van der Waals surface area contributed by atoms with Gasteiger partial charge >= 0.3 is 0 Å². The Morgan fingerprint density at radius 1 is 1.50 bits per heavy atom. The molecule has 18 heavy (non-hydrogen) atoms. The maximum absolute atomic E-state index is 11.9. The normalized spacial score (nSPS) is 11.8. The molecule has 98 valence electrons. The van der Waals surface area contributed by atoms with Gasteiger partial charge in [0.25, 0.3) is 10.0 Å². The van der Waals surface area contributed by atoms with E-state index in [0.717, 1.165) is 5.56 Å². The summed E-state index contributed by atoms with van der Waals surface area (Å²) in [5.41, 5.74) is 1.14. The second kappa shape index (κ2) is 5.64. The lowest BCUT2D eigenvalue weighted by Gasteiger charge is -2.03. The average molecular weight is 285 g/mol. The fourth-order valence-corrected chi connectivity index (χ4v) is 3.18. The zero-order valence-corrected chi connectivity index (χ0v) is 11.6. The summed E-state index contributed by atoms with van der Waals surface area (Å²) in [7, 11) is -3.47. The van der Waals surface area contributed by atoms with Gasteiger partial charge in [-0.05, 0) is 28.8 Å². The molecule has 0 bridgehead atoms. The number of hydrogen-bond acceptors (Lipinski definition) is 4. The Balaban J connectivity index is 1.95. The molecule has 7 heteroatoms. The number of H-pyrrole nitrogens is 1. The Morgan fingerprint density at radius 3 is 2.94 bits per heavy atom. The number of hydrogen-bond donors (Lipinski definition) is 2. The lowest BCUT2D eigenvalue weighted by Crippen LogP contribution is -2.26. The van der Waals surface area contributed by atoms with Crippen LogP contribution in [0.2, 0.25) is 0 Å². The van der Waals surface area contributed by atoms with Crippen molar-refractivity contribution in [2.24, 2.45) is 0 Å². The number of aromatic amines is 1. The first-order chi connectivity index (χ1) is 8.62. The van der Waals surface area contributed by atoms with Crippen LogP contribution in [0.25, 0.3) is 0 Å². The van der Waals surface area contributed by atoms with Crippen molar-refractivity contribution in [2.75, 3.05) is 6.54 Å². The molecule has 0 aromatic carbocycles. The van der Waals surface area contributed by atoms with Crippen LogP contribution in [0.5, 0.6) is 0 Å². The van der Waals surface area contributed by atoms with Gasteiger partial charge in [-0.3, -0.25) is 0 Å². The van der Waals surface area contributed by atoms with Gasteiger partial charge in [0.15, 0.2) is 5.03 Å². The number of sulfonamides is 1. The molecule has 0 atom stereocenters. The largest absolute Gasteiger partial charge is 0.332 e. The highest BCUT2D eigenvalue weighted by Crippen LogP contribution is 2.08. The second-order valence-corrected chi connectivity index (χ2v) is 6.34. The minimum absolute atomic E-state index is 0.129. The van der Waals surface area contributed by atoms with Crippen molar-refractivity contribution in [3.63, 3.8) is 0 Å². The standard InChI is InChI=1S/C11H15N3O2S2/c1-2-10-12-7-11(14-10)18(15,16)13-5-3-9-4-6-17-8-9/h4,6-8,13H,2-3,5H2,1H3,(H,12,14). The molecule has 2 aromatic heterocycles. The Morgan fingerprint density at radius 2 is 2.33 bits per heavy atom. The zero-order valence-electron chi connectivity index (χ0n) is 10.0. The maximum atomic E-state index is 11.9. The molecule has 2 rings (SSSR count). The highest BCUT2D eigenvalue weighted by Gasteiger charge is 2.16. The summed E-state index contributed by atoms with van der Waals surface area (Å²) >= 11 is 1.61. The van der Waals surface area contributed by atoms with Crippen molar-refractivity contribution in [3.8, 4) is 0 Å². The predicted molar refractivity (Wildman–Crippen MR) is 71.2 cm³/mol. The Bertz CT molecular complexity index is 588. The first kappa shape index (κ1) is 13.3. The van der Waals surface area contributed by atoms with Crippen molar-refractivity contribution in [1.29, 1.82) is 0 Å². The summed E-state index contributed by atoms with van der Waals surface area (Å²) in [6, 6.07) is 1.99. The molecule has 0 saturated heterocycles. The van der Waals surface area contributed by atoms with E-state index in [1.807, 2.05) is 23.8 Å². The third-order valence-electron chi connectivity index (χ3n) is 2.52. The van der Waals surface area contributed by atoms with Gasteiger partial charge in [-0.15, -0.1) is 0 Å². The van der Waals surface area contributed by atoms with E-state index in [1.54, 1.807) is 11.3 Å². The molecular weight excluding hydrogens is 270 g/mol. The number of aryl methyl sites for hydroxylation is 1. The molecule has 0 amide bonds. The minimum atomic E-state index is -3.47. The van der Waals surface area contributed by atoms with Gasteiger partial charge in [0, 0.05) is 13.0 Å². The van der Waals surface area contributed by atoms with Crippen molar-refractivity contribution in [2.45, 2.75) is 24.8 Å². The SMILES string of the molecule is CCc1ncc(S(=O)(=O)NCCc2ccsc2)[nH]1. The molecule has 0 unspecified atom stereocenters. The lowest BCUT2D eigenvalue weighted by molar-refractivity contribution is 0.578. The minimum Gasteiger partial charge on any atom is -0.332 e. The van der Waals surface area contributed by atoms with E-state index >= 15 is 0 Å². The van der Waals surface area contributed by atoms with Gasteiger partial charge in [0.1, 0.15) is 5.82 Å². The smallest absolute Gasteiger partial charge is 0.257 e. The van der Waals surface area contributed by atoms with Crippen LogP contribution in [-0.4, -0.2) is 24.9 Å². The van der Waals surface area contributed by atoms with Crippen LogP contribution in [0, 0.1) is 0 Å². The number of imidazole rings is 1. The molecule has 0 fully saturated rings. The van der Waals surface area contributed by atoms with Gasteiger partial charge in [0.05, 0.1) is 6.20 Å². The van der Waals surface area contributed by atoms with Crippen LogP contribution >= 0.6 is 11.3 Å². The van der Waals surface area contributed by atoms with E-state index in [1.165, 1.54) is 6.20 Å². The summed E-state index contributed by atoms with van der Waals surface area (Å²) in [4.78, 5) is 6.77. The fraction of sp³-hybridized carbons (Fsp3) is 0.364. The third-order valence-corrected chi connectivity index (χ3v) is 4.62. The number of thiophene rings is 1. The average Bonchev–Trinajstić information content (AvgIpc) is 2.99. The topological polar surface area (TPSA) is 74.8 Å². The van der Waals surface area contributed by atoms with E-state index in [2.05, 4.69) is 14.7 Å². The molecule has 0 radical (unpaired) electrons. The van der Waals surface area contributed by atoms with E-state index in [4.69, 9.17) is 0 Å². The molecule has 0 aliphatic carbocycles. The first-order valence-corrected chi connectivity index (χ1v) is 8.09. The summed E-state index contributed by atoms with van der Waals surface area (Å²) < 4.78 is 26.4. The van der Waals surface area contributed by atoms with E-state index in [9.17, 15) is 8.42 Å². The summed E-state index contributed by atoms with van der Waals surface area (Å²) in [5.74, 6) is 0.674. The number of rotatable bonds is 6. The van der Waals surface area contributed by atoms with Crippen molar-refractivity contribution in [3.05, 3.63) is 34.4 Å². The quantitative estimate of drug-likeness (QED) is 0.845. The van der Waals surface area contributed by atoms with Crippen LogP contribution in [0.1, 0.15) is 18.3 Å². The molecule has 0 saturated carbocycles. The van der Waals surface area contributed by atoms with Crippen LogP contribution < -0.4 is 4.72 Å². The molecule has 0 aliphatic heterocycles. The van der Waals surface area contributed by atoms with Crippen LogP contribution in [-0.2, 0) is 22.9 Å².